The Labute approximate surface area is 182 Å². The minimum atomic E-state index is -3.78. The number of amides is 2. The van der Waals surface area contributed by atoms with E-state index in [1.54, 1.807) is 26.0 Å². The molecule has 9 heteroatoms. The van der Waals surface area contributed by atoms with Crippen molar-refractivity contribution in [3.05, 3.63) is 65.0 Å². The minimum absolute atomic E-state index is 0.0259. The molecule has 2 amide bonds. The molecule has 0 bridgehead atoms. The summed E-state index contributed by atoms with van der Waals surface area (Å²) < 4.78 is 39.4. The van der Waals surface area contributed by atoms with Gasteiger partial charge in [0.25, 0.3) is 0 Å². The number of hydrogen-bond acceptors (Lipinski definition) is 4. The predicted octanol–water partition coefficient (Wildman–Crippen LogP) is 2.37. The lowest BCUT2D eigenvalue weighted by atomic mass is 10.1. The van der Waals surface area contributed by atoms with Crippen LogP contribution in [0.2, 0.25) is 0 Å². The highest BCUT2D eigenvalue weighted by atomic mass is 32.2. The first-order valence-electron chi connectivity index (χ1n) is 9.75. The monoisotopic (exact) mass is 449 g/mol. The van der Waals surface area contributed by atoms with E-state index >= 15 is 0 Å². The van der Waals surface area contributed by atoms with E-state index in [2.05, 4.69) is 5.32 Å². The van der Waals surface area contributed by atoms with Gasteiger partial charge < -0.3 is 10.2 Å². The van der Waals surface area contributed by atoms with E-state index in [0.29, 0.717) is 11.3 Å². The Morgan fingerprint density at radius 1 is 1.10 bits per heavy atom. The quantitative estimate of drug-likeness (QED) is 0.670. The van der Waals surface area contributed by atoms with Crippen molar-refractivity contribution in [2.45, 2.75) is 33.4 Å². The van der Waals surface area contributed by atoms with Crippen molar-refractivity contribution in [1.82, 2.24) is 10.2 Å². The third-order valence-corrected chi connectivity index (χ3v) is 6.33. The summed E-state index contributed by atoms with van der Waals surface area (Å²) in [5.41, 5.74) is 2.65. The number of nitrogens with one attached hydrogen (secondary N) is 1. The zero-order chi connectivity index (χ0) is 23.3. The Balaban J connectivity index is 2.42. The molecule has 0 saturated carbocycles. The van der Waals surface area contributed by atoms with Crippen molar-refractivity contribution < 1.29 is 22.4 Å². The predicted molar refractivity (Wildman–Crippen MR) is 119 cm³/mol. The van der Waals surface area contributed by atoms with Crippen LogP contribution in [-0.4, -0.2) is 51.0 Å². The van der Waals surface area contributed by atoms with Crippen LogP contribution in [-0.2, 0) is 26.2 Å². The zero-order valence-corrected chi connectivity index (χ0v) is 19.2. The maximum absolute atomic E-state index is 13.3. The fourth-order valence-corrected chi connectivity index (χ4v) is 4.08. The Bertz CT molecular complexity index is 1050. The summed E-state index contributed by atoms with van der Waals surface area (Å²) in [5, 5.41) is 2.50. The van der Waals surface area contributed by atoms with Gasteiger partial charge >= 0.3 is 0 Å². The minimum Gasteiger partial charge on any atom is -0.357 e. The summed E-state index contributed by atoms with van der Waals surface area (Å²) in [5.74, 6) is -1.36. The summed E-state index contributed by atoms with van der Waals surface area (Å²) in [4.78, 5) is 26.8. The van der Waals surface area contributed by atoms with E-state index in [4.69, 9.17) is 0 Å². The highest BCUT2D eigenvalue weighted by Crippen LogP contribution is 2.25. The molecular formula is C22H28FN3O4S. The first-order chi connectivity index (χ1) is 14.5. The third kappa shape index (κ3) is 6.04. The number of benzene rings is 2. The Morgan fingerprint density at radius 2 is 1.71 bits per heavy atom. The van der Waals surface area contributed by atoms with Gasteiger partial charge in [0.2, 0.25) is 21.8 Å². The van der Waals surface area contributed by atoms with E-state index in [-0.39, 0.29) is 6.54 Å². The summed E-state index contributed by atoms with van der Waals surface area (Å²) in [7, 11) is -2.32. The molecule has 31 heavy (non-hydrogen) atoms. The number of likely N-dealkylation sites (N-methyl/N-ethyl adjacent to an activating group) is 1. The van der Waals surface area contributed by atoms with Gasteiger partial charge in [-0.3, -0.25) is 13.9 Å². The van der Waals surface area contributed by atoms with Crippen LogP contribution in [0.5, 0.6) is 0 Å². The first-order valence-corrected chi connectivity index (χ1v) is 11.6. The van der Waals surface area contributed by atoms with E-state index in [9.17, 15) is 22.4 Å². The van der Waals surface area contributed by atoms with E-state index < -0.39 is 40.2 Å². The summed E-state index contributed by atoms with van der Waals surface area (Å²) >= 11 is 0. The number of rotatable bonds is 8. The number of aryl methyl sites for hydroxylation is 1. The topological polar surface area (TPSA) is 86.8 Å². The standard InChI is InChI=1S/C22H28FN3O4S/c1-15-7-6-8-20(16(15)2)26(31(5,29)30)14-21(27)25(17(3)22(28)24-4)13-18-9-11-19(23)12-10-18/h6-12,17H,13-14H2,1-5H3,(H,24,28)/t17-/m0/s1. The largest absolute Gasteiger partial charge is 0.357 e. The molecule has 2 rings (SSSR count). The molecule has 7 nitrogen and oxygen atoms in total. The number of anilines is 1. The van der Waals surface area contributed by atoms with Gasteiger partial charge in [0, 0.05) is 13.6 Å². The molecule has 2 aromatic rings. The lowest BCUT2D eigenvalue weighted by Gasteiger charge is -2.31. The van der Waals surface area contributed by atoms with Crippen molar-refractivity contribution in [3.63, 3.8) is 0 Å². The van der Waals surface area contributed by atoms with Gasteiger partial charge in [-0.05, 0) is 55.7 Å². The zero-order valence-electron chi connectivity index (χ0n) is 18.3. The van der Waals surface area contributed by atoms with Crippen molar-refractivity contribution in [1.29, 1.82) is 0 Å². The van der Waals surface area contributed by atoms with Crippen LogP contribution < -0.4 is 9.62 Å². The van der Waals surface area contributed by atoms with Crippen molar-refractivity contribution >= 4 is 27.5 Å². The van der Waals surface area contributed by atoms with Crippen LogP contribution in [0.3, 0.4) is 0 Å². The second-order valence-corrected chi connectivity index (χ2v) is 9.33. The average molecular weight is 450 g/mol. The second-order valence-electron chi connectivity index (χ2n) is 7.43. The molecule has 0 fully saturated rings. The van der Waals surface area contributed by atoms with Gasteiger partial charge in [0.1, 0.15) is 18.4 Å². The summed E-state index contributed by atoms with van der Waals surface area (Å²) in [6.07, 6.45) is 1.04. The molecule has 2 aromatic carbocycles. The molecule has 0 radical (unpaired) electrons. The Kier molecular flexibility index (Phi) is 7.78. The van der Waals surface area contributed by atoms with Crippen LogP contribution in [0.25, 0.3) is 0 Å². The molecule has 1 atom stereocenters. The van der Waals surface area contributed by atoms with E-state index in [1.165, 1.54) is 36.2 Å². The molecule has 0 aliphatic carbocycles. The second kappa shape index (κ2) is 9.91. The maximum atomic E-state index is 13.3. The Hall–Kier alpha value is -2.94. The number of carbonyl (C=O) groups excluding carboxylic acids is 2. The fourth-order valence-electron chi connectivity index (χ4n) is 3.18. The number of carbonyl (C=O) groups is 2. The lowest BCUT2D eigenvalue weighted by molar-refractivity contribution is -0.139. The molecule has 0 saturated heterocycles. The molecule has 0 aromatic heterocycles. The van der Waals surface area contributed by atoms with Gasteiger partial charge in [0.15, 0.2) is 0 Å². The van der Waals surface area contributed by atoms with Crippen molar-refractivity contribution in [3.8, 4) is 0 Å². The highest BCUT2D eigenvalue weighted by molar-refractivity contribution is 7.92. The van der Waals surface area contributed by atoms with Gasteiger partial charge in [-0.1, -0.05) is 24.3 Å². The molecule has 0 unspecified atom stereocenters. The number of sulfonamides is 1. The van der Waals surface area contributed by atoms with Crippen molar-refractivity contribution in [2.24, 2.45) is 0 Å². The molecule has 0 aliphatic heterocycles. The molecule has 0 spiro atoms. The van der Waals surface area contributed by atoms with Crippen LogP contribution in [0.15, 0.2) is 42.5 Å². The fraction of sp³-hybridized carbons (Fsp3) is 0.364. The molecule has 168 valence electrons. The average Bonchev–Trinajstić information content (AvgIpc) is 2.71. The van der Waals surface area contributed by atoms with E-state index in [0.717, 1.165) is 21.7 Å². The van der Waals surface area contributed by atoms with E-state index in [1.807, 2.05) is 13.0 Å². The van der Waals surface area contributed by atoms with Crippen LogP contribution >= 0.6 is 0 Å². The van der Waals surface area contributed by atoms with Crippen LogP contribution in [0.4, 0.5) is 10.1 Å². The summed E-state index contributed by atoms with van der Waals surface area (Å²) in [6.45, 7) is 4.76. The Morgan fingerprint density at radius 3 is 2.26 bits per heavy atom. The van der Waals surface area contributed by atoms with Crippen LogP contribution in [0, 0.1) is 19.7 Å². The molecule has 0 heterocycles. The number of halogens is 1. The molecule has 1 N–H and O–H groups in total. The molecular weight excluding hydrogens is 421 g/mol. The maximum Gasteiger partial charge on any atom is 0.244 e. The highest BCUT2D eigenvalue weighted by Gasteiger charge is 2.30. The SMILES string of the molecule is CNC(=O)[C@H](C)N(Cc1ccc(F)cc1)C(=O)CN(c1cccc(C)c1C)S(C)(=O)=O. The first kappa shape index (κ1) is 24.3. The smallest absolute Gasteiger partial charge is 0.244 e. The number of hydrogen-bond donors (Lipinski definition) is 1. The van der Waals surface area contributed by atoms with Crippen molar-refractivity contribution in [2.75, 3.05) is 24.2 Å². The van der Waals surface area contributed by atoms with Gasteiger partial charge in [-0.15, -0.1) is 0 Å². The van der Waals surface area contributed by atoms with Crippen LogP contribution in [0.1, 0.15) is 23.6 Å². The lowest BCUT2D eigenvalue weighted by Crippen LogP contribution is -2.50. The third-order valence-electron chi connectivity index (χ3n) is 5.20. The van der Waals surface area contributed by atoms with Gasteiger partial charge in [0.05, 0.1) is 11.9 Å². The number of nitrogens with zero attached hydrogens (tertiary/aromatic N) is 2. The van der Waals surface area contributed by atoms with Gasteiger partial charge in [-0.25, -0.2) is 12.8 Å². The molecule has 0 aliphatic rings. The van der Waals surface area contributed by atoms with Gasteiger partial charge in [-0.2, -0.15) is 0 Å². The summed E-state index contributed by atoms with van der Waals surface area (Å²) in [6, 6.07) is 9.93. The normalized spacial score (nSPS) is 12.2.